The molecule has 1 nitrogen and oxygen atoms in total. The van der Waals surface area contributed by atoms with E-state index in [-0.39, 0.29) is 0 Å². The zero-order chi connectivity index (χ0) is 8.18. The molecule has 68 valence electrons. The standard InChI is InChI=1S/C10H16FN/c11-10(4-5-10)6-12-9-7-2-1-3-8(7)9/h7-9,12H,1-6H2. The first-order valence-electron chi connectivity index (χ1n) is 5.21. The topological polar surface area (TPSA) is 12.0 Å². The minimum Gasteiger partial charge on any atom is -0.310 e. The summed E-state index contributed by atoms with van der Waals surface area (Å²) in [6.45, 7) is 0.630. The molecule has 0 saturated heterocycles. The maximum atomic E-state index is 13.2. The molecule has 1 N–H and O–H groups in total. The number of alkyl halides is 1. The number of hydrogen-bond acceptors (Lipinski definition) is 1. The van der Waals surface area contributed by atoms with Gasteiger partial charge in [0, 0.05) is 12.6 Å². The summed E-state index contributed by atoms with van der Waals surface area (Å²) in [5.41, 5.74) is -0.795. The summed E-state index contributed by atoms with van der Waals surface area (Å²) in [6.07, 6.45) is 5.78. The summed E-state index contributed by atoms with van der Waals surface area (Å²) in [6, 6.07) is 0.701. The van der Waals surface area contributed by atoms with Crippen LogP contribution in [0.25, 0.3) is 0 Å². The molecule has 2 heteroatoms. The van der Waals surface area contributed by atoms with Gasteiger partial charge in [0.2, 0.25) is 0 Å². The Morgan fingerprint density at radius 1 is 1.25 bits per heavy atom. The van der Waals surface area contributed by atoms with Gasteiger partial charge >= 0.3 is 0 Å². The van der Waals surface area contributed by atoms with Crippen molar-refractivity contribution in [1.29, 1.82) is 0 Å². The molecule has 3 saturated carbocycles. The third-order valence-electron chi connectivity index (χ3n) is 3.85. The summed E-state index contributed by atoms with van der Waals surface area (Å²) in [5, 5.41) is 3.39. The molecule has 0 aromatic carbocycles. The Balaban J connectivity index is 1.46. The van der Waals surface area contributed by atoms with Crippen LogP contribution < -0.4 is 5.32 Å². The van der Waals surface area contributed by atoms with Crippen molar-refractivity contribution in [1.82, 2.24) is 5.32 Å². The van der Waals surface area contributed by atoms with Crippen molar-refractivity contribution in [2.45, 2.75) is 43.8 Å². The van der Waals surface area contributed by atoms with E-state index < -0.39 is 5.67 Å². The van der Waals surface area contributed by atoms with E-state index in [1.54, 1.807) is 0 Å². The molecule has 3 aliphatic rings. The average molecular weight is 169 g/mol. The van der Waals surface area contributed by atoms with Crippen LogP contribution in [0.1, 0.15) is 32.1 Å². The molecule has 3 rings (SSSR count). The van der Waals surface area contributed by atoms with Gasteiger partial charge in [-0.25, -0.2) is 4.39 Å². The number of hydrogen-bond donors (Lipinski definition) is 1. The monoisotopic (exact) mass is 169 g/mol. The Hall–Kier alpha value is -0.110. The summed E-state index contributed by atoms with van der Waals surface area (Å²) < 4.78 is 13.2. The van der Waals surface area contributed by atoms with Crippen LogP contribution in [0.5, 0.6) is 0 Å². The Morgan fingerprint density at radius 3 is 2.50 bits per heavy atom. The summed E-state index contributed by atoms with van der Waals surface area (Å²) >= 11 is 0. The number of nitrogens with one attached hydrogen (secondary N) is 1. The first kappa shape index (κ1) is 7.31. The van der Waals surface area contributed by atoms with Crippen molar-refractivity contribution >= 4 is 0 Å². The van der Waals surface area contributed by atoms with Gasteiger partial charge in [-0.15, -0.1) is 0 Å². The molecule has 12 heavy (non-hydrogen) atoms. The fourth-order valence-electron chi connectivity index (χ4n) is 2.74. The van der Waals surface area contributed by atoms with Crippen LogP contribution in [-0.2, 0) is 0 Å². The maximum absolute atomic E-state index is 13.2. The molecule has 0 aromatic heterocycles. The fraction of sp³-hybridized carbons (Fsp3) is 1.00. The molecule has 2 atom stereocenters. The van der Waals surface area contributed by atoms with Crippen LogP contribution >= 0.6 is 0 Å². The van der Waals surface area contributed by atoms with E-state index in [9.17, 15) is 4.39 Å². The third-order valence-corrected chi connectivity index (χ3v) is 3.85. The fourth-order valence-corrected chi connectivity index (χ4v) is 2.74. The lowest BCUT2D eigenvalue weighted by Crippen LogP contribution is -2.29. The first-order chi connectivity index (χ1) is 5.79. The average Bonchev–Trinajstić information content (AvgIpc) is 2.88. The predicted octanol–water partition coefficient (Wildman–Crippen LogP) is 1.88. The molecule has 0 aromatic rings. The molecular weight excluding hydrogens is 153 g/mol. The highest BCUT2D eigenvalue weighted by atomic mass is 19.1. The second kappa shape index (κ2) is 2.22. The quantitative estimate of drug-likeness (QED) is 0.680. The van der Waals surface area contributed by atoms with Gasteiger partial charge in [0.15, 0.2) is 0 Å². The lowest BCUT2D eigenvalue weighted by atomic mass is 10.2. The zero-order valence-electron chi connectivity index (χ0n) is 7.35. The Labute approximate surface area is 72.7 Å². The van der Waals surface area contributed by atoms with Crippen LogP contribution in [0.2, 0.25) is 0 Å². The second-order valence-electron chi connectivity index (χ2n) is 4.82. The molecule has 0 aliphatic heterocycles. The molecule has 0 amide bonds. The van der Waals surface area contributed by atoms with Crippen LogP contribution in [0, 0.1) is 11.8 Å². The molecule has 3 fully saturated rings. The predicted molar refractivity (Wildman–Crippen MR) is 45.7 cm³/mol. The van der Waals surface area contributed by atoms with Crippen molar-refractivity contribution in [2.24, 2.45) is 11.8 Å². The van der Waals surface area contributed by atoms with E-state index in [1.165, 1.54) is 19.3 Å². The number of halogens is 1. The zero-order valence-corrected chi connectivity index (χ0v) is 7.35. The third kappa shape index (κ3) is 1.08. The van der Waals surface area contributed by atoms with Gasteiger partial charge in [-0.05, 0) is 37.5 Å². The molecule has 0 heterocycles. The van der Waals surface area contributed by atoms with Gasteiger partial charge in [-0.3, -0.25) is 0 Å². The Bertz CT molecular complexity index is 190. The van der Waals surface area contributed by atoms with E-state index in [0.29, 0.717) is 12.6 Å². The molecular formula is C10H16FN. The van der Waals surface area contributed by atoms with Gasteiger partial charge in [0.1, 0.15) is 5.67 Å². The molecule has 2 unspecified atom stereocenters. The highest BCUT2D eigenvalue weighted by Gasteiger charge is 2.54. The van der Waals surface area contributed by atoms with Crippen LogP contribution in [0.4, 0.5) is 4.39 Å². The smallest absolute Gasteiger partial charge is 0.123 e. The number of fused-ring (bicyclic) bond motifs is 1. The molecule has 3 aliphatic carbocycles. The lowest BCUT2D eigenvalue weighted by molar-refractivity contribution is 0.290. The van der Waals surface area contributed by atoms with Crippen molar-refractivity contribution in [3.63, 3.8) is 0 Å². The Morgan fingerprint density at radius 2 is 1.92 bits per heavy atom. The normalized spacial score (nSPS) is 47.2. The van der Waals surface area contributed by atoms with Crippen LogP contribution in [0.15, 0.2) is 0 Å². The number of rotatable bonds is 3. The van der Waals surface area contributed by atoms with Gasteiger partial charge in [-0.1, -0.05) is 6.42 Å². The van der Waals surface area contributed by atoms with E-state index in [4.69, 9.17) is 0 Å². The largest absolute Gasteiger partial charge is 0.310 e. The molecule has 0 bridgehead atoms. The molecule has 0 radical (unpaired) electrons. The van der Waals surface area contributed by atoms with Crippen LogP contribution in [-0.4, -0.2) is 18.3 Å². The second-order valence-corrected chi connectivity index (χ2v) is 4.82. The van der Waals surface area contributed by atoms with Crippen molar-refractivity contribution in [3.05, 3.63) is 0 Å². The van der Waals surface area contributed by atoms with Gasteiger partial charge in [0.05, 0.1) is 0 Å². The first-order valence-corrected chi connectivity index (χ1v) is 5.21. The maximum Gasteiger partial charge on any atom is 0.123 e. The minimum atomic E-state index is -0.795. The SMILES string of the molecule is FC1(CNC2C3CCCC32)CC1. The highest BCUT2D eigenvalue weighted by Crippen LogP contribution is 2.52. The van der Waals surface area contributed by atoms with E-state index in [1.807, 2.05) is 0 Å². The molecule has 0 spiro atoms. The minimum absolute atomic E-state index is 0.630. The summed E-state index contributed by atoms with van der Waals surface area (Å²) in [7, 11) is 0. The van der Waals surface area contributed by atoms with Crippen LogP contribution in [0.3, 0.4) is 0 Å². The van der Waals surface area contributed by atoms with Gasteiger partial charge < -0.3 is 5.32 Å². The van der Waals surface area contributed by atoms with E-state index >= 15 is 0 Å². The summed E-state index contributed by atoms with van der Waals surface area (Å²) in [4.78, 5) is 0. The lowest BCUT2D eigenvalue weighted by Gasteiger charge is -2.08. The van der Waals surface area contributed by atoms with Gasteiger partial charge in [-0.2, -0.15) is 0 Å². The van der Waals surface area contributed by atoms with Crippen molar-refractivity contribution in [2.75, 3.05) is 6.54 Å². The Kier molecular flexibility index (Phi) is 1.35. The van der Waals surface area contributed by atoms with E-state index in [0.717, 1.165) is 24.7 Å². The van der Waals surface area contributed by atoms with Crippen molar-refractivity contribution in [3.8, 4) is 0 Å². The van der Waals surface area contributed by atoms with E-state index in [2.05, 4.69) is 5.32 Å². The summed E-state index contributed by atoms with van der Waals surface area (Å²) in [5.74, 6) is 1.85. The highest BCUT2D eigenvalue weighted by molar-refractivity contribution is 5.08. The van der Waals surface area contributed by atoms with Crippen molar-refractivity contribution < 1.29 is 4.39 Å². The van der Waals surface area contributed by atoms with Gasteiger partial charge in [0.25, 0.3) is 0 Å².